The van der Waals surface area contributed by atoms with Crippen LogP contribution in [0, 0.1) is 5.92 Å². The van der Waals surface area contributed by atoms with Gasteiger partial charge in [0.25, 0.3) is 5.89 Å². The van der Waals surface area contributed by atoms with Gasteiger partial charge in [0, 0.05) is 17.8 Å². The van der Waals surface area contributed by atoms with Crippen molar-refractivity contribution in [2.45, 2.75) is 26.8 Å². The molecular weight excluding hydrogens is 420 g/mol. The normalized spacial score (nSPS) is 16.2. The number of aromatic nitrogens is 2. The maximum absolute atomic E-state index is 13.0. The molecule has 0 radical (unpaired) electrons. The lowest BCUT2D eigenvalue weighted by atomic mass is 9.94. The van der Waals surface area contributed by atoms with Gasteiger partial charge in [0.05, 0.1) is 25.8 Å². The molecule has 8 heteroatoms. The Kier molecular flexibility index (Phi) is 6.35. The number of hydrogen-bond donors (Lipinski definition) is 1. The highest BCUT2D eigenvalue weighted by Gasteiger charge is 2.36. The molecule has 2 aromatic carbocycles. The van der Waals surface area contributed by atoms with Crippen LogP contribution in [-0.4, -0.2) is 41.8 Å². The van der Waals surface area contributed by atoms with Crippen molar-refractivity contribution in [2.24, 2.45) is 5.92 Å². The lowest BCUT2D eigenvalue weighted by molar-refractivity contribution is 0.199. The molecule has 0 saturated heterocycles. The highest BCUT2D eigenvalue weighted by atomic mass is 16.5. The second kappa shape index (κ2) is 9.36. The zero-order chi connectivity index (χ0) is 23.5. The average Bonchev–Trinajstić information content (AvgIpc) is 3.31. The third-order valence-electron chi connectivity index (χ3n) is 5.58. The Labute approximate surface area is 193 Å². The van der Waals surface area contributed by atoms with Crippen LogP contribution in [0.15, 0.2) is 58.8 Å². The zero-order valence-electron chi connectivity index (χ0n) is 19.5. The van der Waals surface area contributed by atoms with E-state index in [1.807, 2.05) is 55.5 Å². The fourth-order valence-electron chi connectivity index (χ4n) is 3.90. The van der Waals surface area contributed by atoms with Crippen LogP contribution in [0.25, 0.3) is 17.0 Å². The van der Waals surface area contributed by atoms with E-state index in [1.54, 1.807) is 19.1 Å². The van der Waals surface area contributed by atoms with Crippen LogP contribution in [0.2, 0.25) is 0 Å². The van der Waals surface area contributed by atoms with Gasteiger partial charge in [-0.3, -0.25) is 4.90 Å². The molecule has 0 saturated carbocycles. The third-order valence-corrected chi connectivity index (χ3v) is 5.58. The third kappa shape index (κ3) is 4.55. The first kappa shape index (κ1) is 22.4. The number of methoxy groups -OCH3 is 2. The molecular formula is C25H28N4O4. The minimum Gasteiger partial charge on any atom is -0.497 e. The fraction of sp³-hybridized carbons (Fsp3) is 0.320. The van der Waals surface area contributed by atoms with E-state index in [0.29, 0.717) is 29.9 Å². The van der Waals surface area contributed by atoms with Gasteiger partial charge >= 0.3 is 6.03 Å². The number of nitrogens with zero attached hydrogens (tertiary/aromatic N) is 3. The predicted molar refractivity (Wildman–Crippen MR) is 125 cm³/mol. The standard InChI is InChI=1S/C25H28N4O4/c1-15(2)14-29-16(3)21(22(26-25(29)30)17-9-11-19(31-4)12-10-17)24-27-23(28-33-24)18-7-6-8-20(13-18)32-5/h6-13,15,22H,14H2,1-5H3,(H,26,30). The summed E-state index contributed by atoms with van der Waals surface area (Å²) in [5.74, 6) is 2.55. The van der Waals surface area contributed by atoms with Crippen molar-refractivity contribution in [1.82, 2.24) is 20.4 Å². The van der Waals surface area contributed by atoms with Gasteiger partial charge in [-0.25, -0.2) is 4.79 Å². The van der Waals surface area contributed by atoms with Gasteiger partial charge < -0.3 is 19.3 Å². The van der Waals surface area contributed by atoms with Crippen molar-refractivity contribution < 1.29 is 18.8 Å². The molecule has 0 fully saturated rings. The Morgan fingerprint density at radius 1 is 1.09 bits per heavy atom. The number of rotatable bonds is 7. The molecule has 0 spiro atoms. The number of urea groups is 1. The summed E-state index contributed by atoms with van der Waals surface area (Å²) in [6, 6.07) is 14.5. The number of benzene rings is 2. The highest BCUT2D eigenvalue weighted by Crippen LogP contribution is 2.38. The molecule has 1 aliphatic rings. The molecule has 3 aromatic rings. The number of hydrogen-bond acceptors (Lipinski definition) is 6. The maximum Gasteiger partial charge on any atom is 0.322 e. The topological polar surface area (TPSA) is 89.7 Å². The molecule has 33 heavy (non-hydrogen) atoms. The van der Waals surface area contributed by atoms with Crippen LogP contribution in [0.1, 0.15) is 38.3 Å². The molecule has 1 atom stereocenters. The lowest BCUT2D eigenvalue weighted by Gasteiger charge is -2.36. The number of carbonyl (C=O) groups excluding carboxylic acids is 1. The quantitative estimate of drug-likeness (QED) is 0.553. The number of carbonyl (C=O) groups is 1. The van der Waals surface area contributed by atoms with E-state index in [4.69, 9.17) is 14.0 Å². The molecule has 0 aliphatic carbocycles. The Bertz CT molecular complexity index is 1170. The van der Waals surface area contributed by atoms with Crippen molar-refractivity contribution in [1.29, 1.82) is 0 Å². The summed E-state index contributed by atoms with van der Waals surface area (Å²) in [6.07, 6.45) is 0. The summed E-state index contributed by atoms with van der Waals surface area (Å²) in [6.45, 7) is 6.64. The van der Waals surface area contributed by atoms with E-state index in [0.717, 1.165) is 28.1 Å². The van der Waals surface area contributed by atoms with Crippen molar-refractivity contribution >= 4 is 11.6 Å². The smallest absolute Gasteiger partial charge is 0.322 e. The summed E-state index contributed by atoms with van der Waals surface area (Å²) >= 11 is 0. The van der Waals surface area contributed by atoms with Crippen LogP contribution in [0.5, 0.6) is 11.5 Å². The lowest BCUT2D eigenvalue weighted by Crippen LogP contribution is -2.47. The van der Waals surface area contributed by atoms with Gasteiger partial charge in [0.2, 0.25) is 5.82 Å². The summed E-state index contributed by atoms with van der Waals surface area (Å²) in [5.41, 5.74) is 3.22. The number of amides is 2. The monoisotopic (exact) mass is 448 g/mol. The first-order valence-electron chi connectivity index (χ1n) is 10.8. The van der Waals surface area contributed by atoms with E-state index >= 15 is 0 Å². The SMILES string of the molecule is COc1ccc(C2NC(=O)N(CC(C)C)C(C)=C2c2nc(-c3cccc(OC)c3)no2)cc1. The second-order valence-electron chi connectivity index (χ2n) is 8.31. The first-order valence-corrected chi connectivity index (χ1v) is 10.8. The average molecular weight is 449 g/mol. The fourth-order valence-corrected chi connectivity index (χ4v) is 3.90. The van der Waals surface area contributed by atoms with Gasteiger partial charge in [-0.1, -0.05) is 43.3 Å². The molecule has 172 valence electrons. The summed E-state index contributed by atoms with van der Waals surface area (Å²) in [5, 5.41) is 7.32. The number of allylic oxidation sites excluding steroid dienone is 1. The Morgan fingerprint density at radius 3 is 2.48 bits per heavy atom. The van der Waals surface area contributed by atoms with E-state index in [1.165, 1.54) is 0 Å². The minimum absolute atomic E-state index is 0.154. The molecule has 2 heterocycles. The van der Waals surface area contributed by atoms with Crippen LogP contribution in [0.3, 0.4) is 0 Å². The molecule has 1 N–H and O–H groups in total. The van der Waals surface area contributed by atoms with Crippen LogP contribution < -0.4 is 14.8 Å². The summed E-state index contributed by atoms with van der Waals surface area (Å²) in [4.78, 5) is 19.4. The number of ether oxygens (including phenoxy) is 2. The van der Waals surface area contributed by atoms with Crippen molar-refractivity contribution in [3.63, 3.8) is 0 Å². The van der Waals surface area contributed by atoms with E-state index < -0.39 is 6.04 Å². The Hall–Kier alpha value is -3.81. The molecule has 1 aliphatic heterocycles. The van der Waals surface area contributed by atoms with Gasteiger partial charge in [-0.2, -0.15) is 4.98 Å². The second-order valence-corrected chi connectivity index (χ2v) is 8.31. The number of nitrogens with one attached hydrogen (secondary N) is 1. The van der Waals surface area contributed by atoms with Gasteiger partial charge in [-0.15, -0.1) is 0 Å². The van der Waals surface area contributed by atoms with Crippen molar-refractivity contribution in [3.05, 3.63) is 65.7 Å². The predicted octanol–water partition coefficient (Wildman–Crippen LogP) is 4.91. The van der Waals surface area contributed by atoms with Crippen molar-refractivity contribution in [2.75, 3.05) is 20.8 Å². The van der Waals surface area contributed by atoms with E-state index in [2.05, 4.69) is 29.3 Å². The van der Waals surface area contributed by atoms with Crippen LogP contribution >= 0.6 is 0 Å². The first-order chi connectivity index (χ1) is 15.9. The molecule has 4 rings (SSSR count). The molecule has 1 unspecified atom stereocenters. The Morgan fingerprint density at radius 2 is 1.82 bits per heavy atom. The van der Waals surface area contributed by atoms with Gasteiger partial charge in [-0.05, 0) is 42.7 Å². The Balaban J connectivity index is 1.79. The van der Waals surface area contributed by atoms with E-state index in [9.17, 15) is 4.79 Å². The minimum atomic E-state index is -0.439. The van der Waals surface area contributed by atoms with Crippen LogP contribution in [-0.2, 0) is 0 Å². The van der Waals surface area contributed by atoms with Gasteiger partial charge in [0.1, 0.15) is 11.5 Å². The van der Waals surface area contributed by atoms with E-state index in [-0.39, 0.29) is 6.03 Å². The largest absolute Gasteiger partial charge is 0.497 e. The molecule has 1 aromatic heterocycles. The van der Waals surface area contributed by atoms with Crippen molar-refractivity contribution in [3.8, 4) is 22.9 Å². The summed E-state index contributed by atoms with van der Waals surface area (Å²) in [7, 11) is 3.23. The van der Waals surface area contributed by atoms with Crippen LogP contribution in [0.4, 0.5) is 4.79 Å². The highest BCUT2D eigenvalue weighted by molar-refractivity contribution is 5.87. The molecule has 0 bridgehead atoms. The zero-order valence-corrected chi connectivity index (χ0v) is 19.5. The van der Waals surface area contributed by atoms with Gasteiger partial charge in [0.15, 0.2) is 0 Å². The summed E-state index contributed by atoms with van der Waals surface area (Å²) < 4.78 is 16.3. The maximum atomic E-state index is 13.0. The molecule has 2 amide bonds. The molecule has 8 nitrogen and oxygen atoms in total.